The highest BCUT2D eigenvalue weighted by Gasteiger charge is 2.25. The lowest BCUT2D eigenvalue weighted by atomic mass is 10.1. The van der Waals surface area contributed by atoms with E-state index in [0.717, 1.165) is 37.8 Å². The molecule has 1 aliphatic carbocycles. The second kappa shape index (κ2) is 7.99. The molecule has 0 heterocycles. The summed E-state index contributed by atoms with van der Waals surface area (Å²) >= 11 is 0. The largest absolute Gasteiger partial charge is 0.377 e. The Morgan fingerprint density at radius 3 is 2.57 bits per heavy atom. The van der Waals surface area contributed by atoms with E-state index < -0.39 is 0 Å². The summed E-state index contributed by atoms with van der Waals surface area (Å²) in [5.41, 5.74) is 2.14. The molecule has 23 heavy (non-hydrogen) atoms. The van der Waals surface area contributed by atoms with Crippen LogP contribution in [-0.2, 0) is 4.79 Å². The van der Waals surface area contributed by atoms with Gasteiger partial charge in [0.05, 0.1) is 5.56 Å². The summed E-state index contributed by atoms with van der Waals surface area (Å²) in [4.78, 5) is 26.3. The third-order valence-corrected chi connectivity index (χ3v) is 3.93. The van der Waals surface area contributed by atoms with E-state index in [9.17, 15) is 9.59 Å². The van der Waals surface area contributed by atoms with Crippen LogP contribution in [0.3, 0.4) is 0 Å². The summed E-state index contributed by atoms with van der Waals surface area (Å²) in [5, 5.41) is 5.90. The Balaban J connectivity index is 2.08. The lowest BCUT2D eigenvalue weighted by Gasteiger charge is -2.18. The van der Waals surface area contributed by atoms with E-state index in [-0.39, 0.29) is 11.8 Å². The summed E-state index contributed by atoms with van der Waals surface area (Å²) in [6.07, 6.45) is 5.67. The molecule has 0 bridgehead atoms. The van der Waals surface area contributed by atoms with E-state index in [1.54, 1.807) is 6.07 Å². The van der Waals surface area contributed by atoms with Gasteiger partial charge in [-0.1, -0.05) is 19.8 Å². The number of carbonyl (C=O) groups excluding carboxylic acids is 2. The fourth-order valence-corrected chi connectivity index (χ4v) is 2.44. The van der Waals surface area contributed by atoms with Crippen LogP contribution in [0.5, 0.6) is 0 Å². The van der Waals surface area contributed by atoms with Crippen molar-refractivity contribution in [2.24, 2.45) is 0 Å². The molecule has 5 heteroatoms. The molecular weight excluding hydrogens is 290 g/mol. The molecule has 5 nitrogen and oxygen atoms in total. The van der Waals surface area contributed by atoms with Crippen molar-refractivity contribution in [3.63, 3.8) is 0 Å². The zero-order chi connectivity index (χ0) is 16.8. The fourth-order valence-electron chi connectivity index (χ4n) is 2.44. The molecule has 0 aromatic heterocycles. The van der Waals surface area contributed by atoms with Crippen LogP contribution < -0.4 is 15.5 Å². The van der Waals surface area contributed by atoms with Crippen LogP contribution in [0.1, 0.15) is 55.8 Å². The Labute approximate surface area is 138 Å². The van der Waals surface area contributed by atoms with Crippen molar-refractivity contribution in [1.82, 2.24) is 5.32 Å². The summed E-state index contributed by atoms with van der Waals surface area (Å²) in [5.74, 6) is -0.0668. The predicted octanol–water partition coefficient (Wildman–Crippen LogP) is 3.16. The van der Waals surface area contributed by atoms with Gasteiger partial charge in [-0.3, -0.25) is 9.59 Å². The SMILES string of the molecule is CCCCCC(=O)Nc1ccc(N(C)C)c(C(=O)NC2CC2)c1. The molecule has 1 aromatic rings. The third kappa shape index (κ3) is 5.27. The monoisotopic (exact) mass is 317 g/mol. The van der Waals surface area contributed by atoms with E-state index in [4.69, 9.17) is 0 Å². The molecule has 1 fully saturated rings. The first-order chi connectivity index (χ1) is 11.0. The average Bonchev–Trinajstić information content (AvgIpc) is 3.31. The van der Waals surface area contributed by atoms with Gasteiger partial charge in [0.25, 0.3) is 5.91 Å². The molecule has 0 aliphatic heterocycles. The Morgan fingerprint density at radius 1 is 1.22 bits per heavy atom. The number of hydrogen-bond donors (Lipinski definition) is 2. The topological polar surface area (TPSA) is 61.4 Å². The molecule has 1 saturated carbocycles. The molecule has 0 radical (unpaired) electrons. The van der Waals surface area contributed by atoms with Gasteiger partial charge in [-0.25, -0.2) is 0 Å². The minimum absolute atomic E-state index is 0.00426. The molecule has 0 spiro atoms. The molecule has 1 aromatic carbocycles. The highest BCUT2D eigenvalue weighted by Crippen LogP contribution is 2.25. The highest BCUT2D eigenvalue weighted by atomic mass is 16.2. The van der Waals surface area contributed by atoms with Crippen molar-refractivity contribution in [3.8, 4) is 0 Å². The normalized spacial score (nSPS) is 13.5. The standard InChI is InChI=1S/C18H27N3O2/c1-4-5-6-7-17(22)19-14-10-11-16(21(2)3)15(12-14)18(23)20-13-8-9-13/h10-13H,4-9H2,1-3H3,(H,19,22)(H,20,23). The van der Waals surface area contributed by atoms with Gasteiger partial charge in [0, 0.05) is 37.9 Å². The lowest BCUT2D eigenvalue weighted by Crippen LogP contribution is -2.27. The molecule has 0 atom stereocenters. The van der Waals surface area contributed by atoms with Crippen LogP contribution in [-0.4, -0.2) is 32.0 Å². The number of unbranched alkanes of at least 4 members (excludes halogenated alkanes) is 2. The lowest BCUT2D eigenvalue weighted by molar-refractivity contribution is -0.116. The minimum atomic E-state index is -0.0710. The molecule has 2 amide bonds. The fraction of sp³-hybridized carbons (Fsp3) is 0.556. The number of hydrogen-bond acceptors (Lipinski definition) is 3. The number of nitrogens with one attached hydrogen (secondary N) is 2. The van der Waals surface area contributed by atoms with Crippen molar-refractivity contribution in [3.05, 3.63) is 23.8 Å². The van der Waals surface area contributed by atoms with Gasteiger partial charge >= 0.3 is 0 Å². The van der Waals surface area contributed by atoms with Gasteiger partial charge in [0.1, 0.15) is 0 Å². The second-order valence-electron chi connectivity index (χ2n) is 6.38. The van der Waals surface area contributed by atoms with Crippen LogP contribution in [0.15, 0.2) is 18.2 Å². The van der Waals surface area contributed by atoms with Gasteiger partial charge < -0.3 is 15.5 Å². The first-order valence-electron chi connectivity index (χ1n) is 8.43. The molecular formula is C18H27N3O2. The third-order valence-electron chi connectivity index (χ3n) is 3.93. The molecule has 126 valence electrons. The molecule has 0 saturated heterocycles. The number of rotatable bonds is 8. The van der Waals surface area contributed by atoms with Crippen LogP contribution in [0.25, 0.3) is 0 Å². The maximum absolute atomic E-state index is 12.4. The summed E-state index contributed by atoms with van der Waals surface area (Å²) in [6, 6.07) is 5.81. The molecule has 2 N–H and O–H groups in total. The van der Waals surface area contributed by atoms with Crippen molar-refractivity contribution >= 4 is 23.2 Å². The van der Waals surface area contributed by atoms with Crippen LogP contribution >= 0.6 is 0 Å². The Kier molecular flexibility index (Phi) is 6.02. The Bertz CT molecular complexity index is 565. The second-order valence-corrected chi connectivity index (χ2v) is 6.38. The van der Waals surface area contributed by atoms with Crippen molar-refractivity contribution in [2.75, 3.05) is 24.3 Å². The van der Waals surface area contributed by atoms with Gasteiger partial charge in [-0.2, -0.15) is 0 Å². The number of carbonyl (C=O) groups is 2. The van der Waals surface area contributed by atoms with E-state index in [2.05, 4.69) is 17.6 Å². The van der Waals surface area contributed by atoms with Gasteiger partial charge in [0.15, 0.2) is 0 Å². The van der Waals surface area contributed by atoms with Crippen LogP contribution in [0, 0.1) is 0 Å². The summed E-state index contributed by atoms with van der Waals surface area (Å²) in [6.45, 7) is 2.11. The maximum Gasteiger partial charge on any atom is 0.253 e. The van der Waals surface area contributed by atoms with Crippen molar-refractivity contribution in [1.29, 1.82) is 0 Å². The van der Waals surface area contributed by atoms with E-state index in [1.807, 2.05) is 31.1 Å². The highest BCUT2D eigenvalue weighted by molar-refractivity contribution is 6.02. The first-order valence-corrected chi connectivity index (χ1v) is 8.43. The predicted molar refractivity (Wildman–Crippen MR) is 94.0 cm³/mol. The van der Waals surface area contributed by atoms with Gasteiger partial charge in [0.2, 0.25) is 5.91 Å². The number of nitrogens with zero attached hydrogens (tertiary/aromatic N) is 1. The first kappa shape index (κ1) is 17.3. The molecule has 0 unspecified atom stereocenters. The number of anilines is 2. The quantitative estimate of drug-likeness (QED) is 0.724. The summed E-state index contributed by atoms with van der Waals surface area (Å²) < 4.78 is 0. The Hall–Kier alpha value is -2.04. The van der Waals surface area contributed by atoms with E-state index in [0.29, 0.717) is 23.7 Å². The van der Waals surface area contributed by atoms with E-state index >= 15 is 0 Å². The number of benzene rings is 1. The molecule has 2 rings (SSSR count). The van der Waals surface area contributed by atoms with Crippen molar-refractivity contribution < 1.29 is 9.59 Å². The smallest absolute Gasteiger partial charge is 0.253 e. The summed E-state index contributed by atoms with van der Waals surface area (Å²) in [7, 11) is 3.82. The average molecular weight is 317 g/mol. The van der Waals surface area contributed by atoms with E-state index in [1.165, 1.54) is 0 Å². The van der Waals surface area contributed by atoms with Gasteiger partial charge in [-0.15, -0.1) is 0 Å². The zero-order valence-electron chi connectivity index (χ0n) is 14.3. The zero-order valence-corrected chi connectivity index (χ0v) is 14.3. The number of amides is 2. The minimum Gasteiger partial charge on any atom is -0.377 e. The van der Waals surface area contributed by atoms with Gasteiger partial charge in [-0.05, 0) is 37.5 Å². The van der Waals surface area contributed by atoms with Crippen LogP contribution in [0.4, 0.5) is 11.4 Å². The van der Waals surface area contributed by atoms with Crippen LogP contribution in [0.2, 0.25) is 0 Å². The maximum atomic E-state index is 12.4. The molecule has 1 aliphatic rings. The Morgan fingerprint density at radius 2 is 1.96 bits per heavy atom. The van der Waals surface area contributed by atoms with Crippen molar-refractivity contribution in [2.45, 2.75) is 51.5 Å².